The Hall–Kier alpha value is -1.55. The van der Waals surface area contributed by atoms with Gasteiger partial charge >= 0.3 is 5.97 Å². The number of benzene rings is 1. The van der Waals surface area contributed by atoms with E-state index in [1.54, 1.807) is 0 Å². The molecular weight excluding hydrogens is 240 g/mol. The molecule has 19 heavy (non-hydrogen) atoms. The second kappa shape index (κ2) is 6.57. The maximum absolute atomic E-state index is 11.4. The molecule has 0 amide bonds. The Labute approximate surface area is 114 Å². The molecular formula is C15H22N2O2. The maximum Gasteiger partial charge on any atom is 0.337 e. The van der Waals surface area contributed by atoms with Crippen molar-refractivity contribution in [2.45, 2.75) is 19.8 Å². The average Bonchev–Trinajstić information content (AvgIpc) is 2.46. The highest BCUT2D eigenvalue weighted by Crippen LogP contribution is 2.19. The van der Waals surface area contributed by atoms with E-state index in [2.05, 4.69) is 10.6 Å². The van der Waals surface area contributed by atoms with Gasteiger partial charge in [0.2, 0.25) is 0 Å². The van der Waals surface area contributed by atoms with Gasteiger partial charge in [0.25, 0.3) is 0 Å². The summed E-state index contributed by atoms with van der Waals surface area (Å²) in [5.74, 6) is 0.453. The predicted octanol–water partition coefficient (Wildman–Crippen LogP) is 2.19. The minimum Gasteiger partial charge on any atom is -0.465 e. The lowest BCUT2D eigenvalue weighted by Crippen LogP contribution is -2.31. The second-order valence-electron chi connectivity index (χ2n) is 5.10. The number of hydrogen-bond acceptors (Lipinski definition) is 4. The third-order valence-corrected chi connectivity index (χ3v) is 3.69. The SMILES string of the molecule is COC(=O)c1ccc(NCC2CCNCC2)c(C)c1. The van der Waals surface area contributed by atoms with Gasteiger partial charge in [0.05, 0.1) is 12.7 Å². The molecule has 1 aromatic carbocycles. The molecule has 0 saturated carbocycles. The lowest BCUT2D eigenvalue weighted by Gasteiger charge is -2.23. The quantitative estimate of drug-likeness (QED) is 0.817. The number of nitrogens with one attached hydrogen (secondary N) is 2. The van der Waals surface area contributed by atoms with Crippen molar-refractivity contribution < 1.29 is 9.53 Å². The van der Waals surface area contributed by atoms with Gasteiger partial charge < -0.3 is 15.4 Å². The van der Waals surface area contributed by atoms with Crippen molar-refractivity contribution >= 4 is 11.7 Å². The molecule has 0 bridgehead atoms. The Kier molecular flexibility index (Phi) is 4.80. The lowest BCUT2D eigenvalue weighted by atomic mass is 9.98. The van der Waals surface area contributed by atoms with Crippen molar-refractivity contribution in [3.05, 3.63) is 29.3 Å². The van der Waals surface area contributed by atoms with E-state index >= 15 is 0 Å². The monoisotopic (exact) mass is 262 g/mol. The van der Waals surface area contributed by atoms with Crippen LogP contribution in [0, 0.1) is 12.8 Å². The second-order valence-corrected chi connectivity index (χ2v) is 5.10. The van der Waals surface area contributed by atoms with E-state index in [4.69, 9.17) is 4.74 Å². The third-order valence-electron chi connectivity index (χ3n) is 3.69. The Morgan fingerprint density at radius 1 is 1.42 bits per heavy atom. The molecule has 104 valence electrons. The van der Waals surface area contributed by atoms with Crippen LogP contribution < -0.4 is 10.6 Å². The minimum absolute atomic E-state index is 0.284. The Bertz CT molecular complexity index is 440. The first-order valence-corrected chi connectivity index (χ1v) is 6.84. The molecule has 0 atom stereocenters. The summed E-state index contributed by atoms with van der Waals surface area (Å²) in [6.07, 6.45) is 2.46. The summed E-state index contributed by atoms with van der Waals surface area (Å²) in [5, 5.41) is 6.86. The number of rotatable bonds is 4. The number of carbonyl (C=O) groups excluding carboxylic acids is 1. The molecule has 1 heterocycles. The molecule has 1 aliphatic heterocycles. The van der Waals surface area contributed by atoms with Crippen LogP contribution in [0.4, 0.5) is 5.69 Å². The van der Waals surface area contributed by atoms with Gasteiger partial charge in [0, 0.05) is 12.2 Å². The molecule has 0 spiro atoms. The van der Waals surface area contributed by atoms with Gasteiger partial charge in [-0.1, -0.05) is 0 Å². The summed E-state index contributed by atoms with van der Waals surface area (Å²) in [5.41, 5.74) is 2.79. The minimum atomic E-state index is -0.284. The van der Waals surface area contributed by atoms with Crippen LogP contribution in [0.25, 0.3) is 0 Å². The normalized spacial score (nSPS) is 16.1. The zero-order valence-electron chi connectivity index (χ0n) is 11.7. The van der Waals surface area contributed by atoms with Crippen LogP contribution in [0.5, 0.6) is 0 Å². The molecule has 0 aromatic heterocycles. The molecule has 4 heteroatoms. The summed E-state index contributed by atoms with van der Waals surface area (Å²) in [6, 6.07) is 5.64. The number of anilines is 1. The van der Waals surface area contributed by atoms with Crippen molar-refractivity contribution in [1.29, 1.82) is 0 Å². The van der Waals surface area contributed by atoms with Crippen molar-refractivity contribution in [2.24, 2.45) is 5.92 Å². The van der Waals surface area contributed by atoms with E-state index in [0.29, 0.717) is 5.56 Å². The van der Waals surface area contributed by atoms with E-state index < -0.39 is 0 Å². The van der Waals surface area contributed by atoms with Crippen molar-refractivity contribution in [1.82, 2.24) is 5.32 Å². The fourth-order valence-electron chi connectivity index (χ4n) is 2.45. The summed E-state index contributed by atoms with van der Waals surface area (Å²) < 4.78 is 4.72. The highest BCUT2D eigenvalue weighted by molar-refractivity contribution is 5.90. The van der Waals surface area contributed by atoms with Crippen LogP contribution in [0.1, 0.15) is 28.8 Å². The van der Waals surface area contributed by atoms with Gasteiger partial charge in [0.1, 0.15) is 0 Å². The smallest absolute Gasteiger partial charge is 0.337 e. The molecule has 0 aliphatic carbocycles. The van der Waals surface area contributed by atoms with Gasteiger partial charge in [-0.3, -0.25) is 0 Å². The number of piperidine rings is 1. The summed E-state index contributed by atoms with van der Waals surface area (Å²) in [4.78, 5) is 11.4. The standard InChI is InChI=1S/C15H22N2O2/c1-11-9-13(15(18)19-2)3-4-14(11)17-10-12-5-7-16-8-6-12/h3-4,9,12,16-17H,5-8,10H2,1-2H3. The summed E-state index contributed by atoms with van der Waals surface area (Å²) >= 11 is 0. The molecule has 0 unspecified atom stereocenters. The molecule has 2 rings (SSSR count). The zero-order valence-corrected chi connectivity index (χ0v) is 11.7. The number of methoxy groups -OCH3 is 1. The fourth-order valence-corrected chi connectivity index (χ4v) is 2.45. The topological polar surface area (TPSA) is 50.4 Å². The van der Waals surface area contributed by atoms with Crippen molar-refractivity contribution in [2.75, 3.05) is 32.1 Å². The molecule has 0 radical (unpaired) electrons. The molecule has 1 saturated heterocycles. The Morgan fingerprint density at radius 2 is 2.16 bits per heavy atom. The van der Waals surface area contributed by atoms with Gasteiger partial charge in [0.15, 0.2) is 0 Å². The van der Waals surface area contributed by atoms with E-state index in [1.165, 1.54) is 20.0 Å². The predicted molar refractivity (Wildman–Crippen MR) is 76.6 cm³/mol. The van der Waals surface area contributed by atoms with Crippen molar-refractivity contribution in [3.63, 3.8) is 0 Å². The van der Waals surface area contributed by atoms with E-state index in [-0.39, 0.29) is 5.97 Å². The molecule has 2 N–H and O–H groups in total. The highest BCUT2D eigenvalue weighted by Gasteiger charge is 2.13. The van der Waals surface area contributed by atoms with Gasteiger partial charge in [-0.15, -0.1) is 0 Å². The average molecular weight is 262 g/mol. The first-order chi connectivity index (χ1) is 9.20. The number of hydrogen-bond donors (Lipinski definition) is 2. The highest BCUT2D eigenvalue weighted by atomic mass is 16.5. The number of carbonyl (C=O) groups is 1. The molecule has 4 nitrogen and oxygen atoms in total. The van der Waals surface area contributed by atoms with Gasteiger partial charge in [-0.25, -0.2) is 4.79 Å². The number of esters is 1. The van der Waals surface area contributed by atoms with Crippen LogP contribution in [0.3, 0.4) is 0 Å². The number of ether oxygens (including phenoxy) is 1. The summed E-state index contributed by atoms with van der Waals surface area (Å²) in [6.45, 7) is 5.25. The van der Waals surface area contributed by atoms with Crippen LogP contribution in [0.15, 0.2) is 18.2 Å². The number of aryl methyl sites for hydroxylation is 1. The first-order valence-electron chi connectivity index (χ1n) is 6.84. The van der Waals surface area contributed by atoms with Crippen molar-refractivity contribution in [3.8, 4) is 0 Å². The first kappa shape index (κ1) is 13.9. The molecule has 1 aliphatic rings. The van der Waals surface area contributed by atoms with Gasteiger partial charge in [-0.05, 0) is 62.5 Å². The Balaban J connectivity index is 1.95. The van der Waals surface area contributed by atoms with Gasteiger partial charge in [-0.2, -0.15) is 0 Å². The van der Waals surface area contributed by atoms with Crippen LogP contribution in [-0.2, 0) is 4.74 Å². The molecule has 1 fully saturated rings. The van der Waals surface area contributed by atoms with E-state index in [0.717, 1.165) is 36.8 Å². The fraction of sp³-hybridized carbons (Fsp3) is 0.533. The van der Waals surface area contributed by atoms with Crippen LogP contribution in [0.2, 0.25) is 0 Å². The largest absolute Gasteiger partial charge is 0.465 e. The lowest BCUT2D eigenvalue weighted by molar-refractivity contribution is 0.0600. The maximum atomic E-state index is 11.4. The van der Waals surface area contributed by atoms with Crippen LogP contribution in [-0.4, -0.2) is 32.7 Å². The van der Waals surface area contributed by atoms with E-state index in [1.807, 2.05) is 25.1 Å². The molecule has 1 aromatic rings. The zero-order chi connectivity index (χ0) is 13.7. The van der Waals surface area contributed by atoms with E-state index in [9.17, 15) is 4.79 Å². The summed E-state index contributed by atoms with van der Waals surface area (Å²) in [7, 11) is 1.40. The Morgan fingerprint density at radius 3 is 2.79 bits per heavy atom. The third kappa shape index (κ3) is 3.70. The van der Waals surface area contributed by atoms with Crippen LogP contribution >= 0.6 is 0 Å².